The molecule has 0 saturated carbocycles. The highest BCUT2D eigenvalue weighted by Gasteiger charge is 2.08. The largest absolute Gasteiger partial charge is 0.376 e. The molecule has 2 amide bonds. The van der Waals surface area contributed by atoms with E-state index in [2.05, 4.69) is 16.2 Å². The van der Waals surface area contributed by atoms with E-state index in [4.69, 9.17) is 0 Å². The van der Waals surface area contributed by atoms with Gasteiger partial charge in [-0.3, -0.25) is 20.4 Å². The predicted octanol–water partition coefficient (Wildman–Crippen LogP) is 2.79. The minimum Gasteiger partial charge on any atom is -0.376 e. The van der Waals surface area contributed by atoms with Crippen LogP contribution in [0.5, 0.6) is 0 Å². The number of hydrogen-bond donors (Lipinski definition) is 3. The van der Waals surface area contributed by atoms with Crippen LogP contribution in [0, 0.1) is 27.7 Å². The van der Waals surface area contributed by atoms with Crippen LogP contribution in [0.25, 0.3) is 0 Å². The monoisotopic (exact) mass is 325 g/mol. The molecule has 2 aromatic rings. The molecule has 5 heteroatoms. The quantitative estimate of drug-likeness (QED) is 0.757. The molecule has 2 aromatic carbocycles. The molecule has 0 aliphatic rings. The van der Waals surface area contributed by atoms with Crippen molar-refractivity contribution in [3.63, 3.8) is 0 Å². The molecule has 0 unspecified atom stereocenters. The Morgan fingerprint density at radius 1 is 0.833 bits per heavy atom. The Hall–Kier alpha value is -2.82. The summed E-state index contributed by atoms with van der Waals surface area (Å²) in [7, 11) is 0. The number of aryl methyl sites for hydroxylation is 4. The molecule has 0 aliphatic heterocycles. The molecule has 2 rings (SSSR count). The van der Waals surface area contributed by atoms with Crippen molar-refractivity contribution in [1.82, 2.24) is 10.9 Å². The minimum absolute atomic E-state index is 0.0804. The van der Waals surface area contributed by atoms with Gasteiger partial charge in [-0.1, -0.05) is 34.9 Å². The molecule has 0 aromatic heterocycles. The van der Waals surface area contributed by atoms with Gasteiger partial charge in [0.25, 0.3) is 11.8 Å². The van der Waals surface area contributed by atoms with Crippen LogP contribution in [0.2, 0.25) is 0 Å². The minimum atomic E-state index is -0.332. The van der Waals surface area contributed by atoms with Crippen LogP contribution in [0.1, 0.15) is 32.6 Å². The van der Waals surface area contributed by atoms with Crippen LogP contribution in [-0.2, 0) is 4.79 Å². The summed E-state index contributed by atoms with van der Waals surface area (Å²) in [6, 6.07) is 11.5. The van der Waals surface area contributed by atoms with Gasteiger partial charge in [0, 0.05) is 11.3 Å². The molecular formula is C19H23N3O2. The van der Waals surface area contributed by atoms with Gasteiger partial charge < -0.3 is 5.32 Å². The zero-order valence-electron chi connectivity index (χ0n) is 14.5. The molecule has 0 saturated heterocycles. The number of benzene rings is 2. The van der Waals surface area contributed by atoms with Gasteiger partial charge in [-0.15, -0.1) is 0 Å². The third-order valence-electron chi connectivity index (χ3n) is 3.62. The van der Waals surface area contributed by atoms with E-state index in [1.54, 1.807) is 12.1 Å². The van der Waals surface area contributed by atoms with Gasteiger partial charge in [0.05, 0.1) is 6.54 Å². The van der Waals surface area contributed by atoms with Crippen molar-refractivity contribution in [2.75, 3.05) is 11.9 Å². The fraction of sp³-hybridized carbons (Fsp3) is 0.263. The summed E-state index contributed by atoms with van der Waals surface area (Å²) in [6.07, 6.45) is 0. The van der Waals surface area contributed by atoms with E-state index in [0.29, 0.717) is 5.56 Å². The number of carbonyl (C=O) groups excluding carboxylic acids is 2. The molecular weight excluding hydrogens is 302 g/mol. The summed E-state index contributed by atoms with van der Waals surface area (Å²) in [5.41, 5.74) is 10.5. The van der Waals surface area contributed by atoms with E-state index < -0.39 is 0 Å². The standard InChI is InChI=1S/C19H23N3O2/c1-12-5-6-17(15(4)8-12)20-11-18(23)21-22-19(24)16-9-13(2)7-14(3)10-16/h5-10,20H,11H2,1-4H3,(H,21,23)(H,22,24). The average molecular weight is 325 g/mol. The molecule has 3 N–H and O–H groups in total. The van der Waals surface area contributed by atoms with Crippen LogP contribution in [0.3, 0.4) is 0 Å². The van der Waals surface area contributed by atoms with E-state index in [1.807, 2.05) is 52.0 Å². The fourth-order valence-corrected chi connectivity index (χ4v) is 2.54. The Kier molecular flexibility index (Phi) is 5.58. The van der Waals surface area contributed by atoms with Crippen molar-refractivity contribution in [2.24, 2.45) is 0 Å². The summed E-state index contributed by atoms with van der Waals surface area (Å²) in [4.78, 5) is 23.9. The lowest BCUT2D eigenvalue weighted by molar-refractivity contribution is -0.120. The molecule has 0 bridgehead atoms. The first-order valence-corrected chi connectivity index (χ1v) is 7.84. The normalized spacial score (nSPS) is 10.2. The van der Waals surface area contributed by atoms with Crippen molar-refractivity contribution >= 4 is 17.5 Å². The van der Waals surface area contributed by atoms with Gasteiger partial charge in [-0.25, -0.2) is 0 Å². The molecule has 0 atom stereocenters. The Labute approximate surface area is 142 Å². The highest BCUT2D eigenvalue weighted by Crippen LogP contribution is 2.15. The third kappa shape index (κ3) is 4.84. The van der Waals surface area contributed by atoms with Gasteiger partial charge in [0.2, 0.25) is 0 Å². The highest BCUT2D eigenvalue weighted by atomic mass is 16.2. The first kappa shape index (κ1) is 17.5. The van der Waals surface area contributed by atoms with Crippen molar-refractivity contribution in [3.8, 4) is 0 Å². The van der Waals surface area contributed by atoms with Crippen LogP contribution >= 0.6 is 0 Å². The van der Waals surface area contributed by atoms with Gasteiger partial charge in [0.15, 0.2) is 0 Å². The van der Waals surface area contributed by atoms with Crippen LogP contribution in [0.4, 0.5) is 5.69 Å². The molecule has 24 heavy (non-hydrogen) atoms. The number of hydrazine groups is 1. The SMILES string of the molecule is Cc1cc(C)cc(C(=O)NNC(=O)CNc2ccc(C)cc2C)c1. The Morgan fingerprint density at radius 3 is 2.12 bits per heavy atom. The van der Waals surface area contributed by atoms with Gasteiger partial charge in [0.1, 0.15) is 0 Å². The predicted molar refractivity (Wildman–Crippen MR) is 95.9 cm³/mol. The van der Waals surface area contributed by atoms with E-state index in [-0.39, 0.29) is 18.4 Å². The van der Waals surface area contributed by atoms with E-state index >= 15 is 0 Å². The van der Waals surface area contributed by atoms with Gasteiger partial charge in [-0.2, -0.15) is 0 Å². The van der Waals surface area contributed by atoms with Crippen molar-refractivity contribution in [3.05, 3.63) is 64.2 Å². The highest BCUT2D eigenvalue weighted by molar-refractivity contribution is 5.96. The molecule has 0 spiro atoms. The van der Waals surface area contributed by atoms with Crippen molar-refractivity contribution in [2.45, 2.75) is 27.7 Å². The number of amides is 2. The Balaban J connectivity index is 1.85. The lowest BCUT2D eigenvalue weighted by Crippen LogP contribution is -2.44. The van der Waals surface area contributed by atoms with Gasteiger partial charge >= 0.3 is 0 Å². The number of carbonyl (C=O) groups is 2. The molecule has 0 fully saturated rings. The molecule has 0 radical (unpaired) electrons. The van der Waals surface area contributed by atoms with E-state index in [9.17, 15) is 9.59 Å². The second-order valence-corrected chi connectivity index (χ2v) is 6.05. The zero-order valence-corrected chi connectivity index (χ0v) is 14.5. The summed E-state index contributed by atoms with van der Waals surface area (Å²) >= 11 is 0. The van der Waals surface area contributed by atoms with Crippen molar-refractivity contribution < 1.29 is 9.59 Å². The lowest BCUT2D eigenvalue weighted by atomic mass is 10.1. The summed E-state index contributed by atoms with van der Waals surface area (Å²) < 4.78 is 0. The van der Waals surface area contributed by atoms with Gasteiger partial charge in [-0.05, 0) is 51.5 Å². The fourth-order valence-electron chi connectivity index (χ4n) is 2.54. The van der Waals surface area contributed by atoms with Crippen LogP contribution in [-0.4, -0.2) is 18.4 Å². The van der Waals surface area contributed by atoms with E-state index in [0.717, 1.165) is 22.4 Å². The summed E-state index contributed by atoms with van der Waals surface area (Å²) in [6.45, 7) is 7.94. The number of hydrogen-bond acceptors (Lipinski definition) is 3. The lowest BCUT2D eigenvalue weighted by Gasteiger charge is -2.11. The smallest absolute Gasteiger partial charge is 0.269 e. The topological polar surface area (TPSA) is 70.2 Å². The summed E-state index contributed by atoms with van der Waals surface area (Å²) in [5.74, 6) is -0.644. The summed E-state index contributed by atoms with van der Waals surface area (Å²) in [5, 5.41) is 3.06. The third-order valence-corrected chi connectivity index (χ3v) is 3.62. The number of nitrogens with one attached hydrogen (secondary N) is 3. The Morgan fingerprint density at radius 2 is 1.50 bits per heavy atom. The maximum atomic E-state index is 12.1. The molecule has 5 nitrogen and oxygen atoms in total. The maximum absolute atomic E-state index is 12.1. The molecule has 126 valence electrons. The first-order chi connectivity index (χ1) is 11.3. The van der Waals surface area contributed by atoms with Crippen molar-refractivity contribution in [1.29, 1.82) is 0 Å². The maximum Gasteiger partial charge on any atom is 0.269 e. The Bertz CT molecular complexity index is 749. The number of anilines is 1. The van der Waals surface area contributed by atoms with E-state index in [1.165, 1.54) is 5.56 Å². The molecule has 0 aliphatic carbocycles. The van der Waals surface area contributed by atoms with Crippen LogP contribution < -0.4 is 16.2 Å². The second-order valence-electron chi connectivity index (χ2n) is 6.05. The first-order valence-electron chi connectivity index (χ1n) is 7.84. The second kappa shape index (κ2) is 7.64. The number of rotatable bonds is 4. The molecule has 0 heterocycles. The van der Waals surface area contributed by atoms with Crippen LogP contribution in [0.15, 0.2) is 36.4 Å². The average Bonchev–Trinajstić information content (AvgIpc) is 2.50. The zero-order chi connectivity index (χ0) is 17.7.